The average molecular weight is 263 g/mol. The third-order valence-corrected chi connectivity index (χ3v) is 3.33. The highest BCUT2D eigenvalue weighted by atomic mass is 16.5. The van der Waals surface area contributed by atoms with Crippen LogP contribution < -0.4 is 4.90 Å². The Balaban J connectivity index is 1.79. The molecule has 3 heterocycles. The van der Waals surface area contributed by atoms with E-state index in [-0.39, 0.29) is 12.7 Å². The third-order valence-electron chi connectivity index (χ3n) is 3.33. The fraction of sp³-hybridized carbons (Fsp3) is 0.583. The molecule has 7 heteroatoms. The summed E-state index contributed by atoms with van der Waals surface area (Å²) in [6.07, 6.45) is 5.39. The number of nitrogens with zero attached hydrogens (tertiary/aromatic N) is 4. The molecule has 3 rings (SSSR count). The highest BCUT2D eigenvalue weighted by Crippen LogP contribution is 2.24. The Bertz CT molecular complexity index is 544. The van der Waals surface area contributed by atoms with E-state index < -0.39 is 0 Å². The van der Waals surface area contributed by atoms with Crippen LogP contribution in [0.3, 0.4) is 0 Å². The van der Waals surface area contributed by atoms with Crippen LogP contribution >= 0.6 is 0 Å². The molecule has 0 amide bonds. The molecule has 1 atom stereocenters. The second-order valence-corrected chi connectivity index (χ2v) is 4.60. The summed E-state index contributed by atoms with van der Waals surface area (Å²) in [5.74, 6) is 0.875. The lowest BCUT2D eigenvalue weighted by atomic mass is 10.1. The van der Waals surface area contributed by atoms with Gasteiger partial charge in [0, 0.05) is 13.1 Å². The second-order valence-electron chi connectivity index (χ2n) is 4.60. The van der Waals surface area contributed by atoms with Crippen LogP contribution in [0.5, 0.6) is 0 Å². The van der Waals surface area contributed by atoms with Crippen molar-refractivity contribution in [1.29, 1.82) is 0 Å². The summed E-state index contributed by atoms with van der Waals surface area (Å²) in [6, 6.07) is 0. The number of anilines is 1. The summed E-state index contributed by atoms with van der Waals surface area (Å²) >= 11 is 0. The Labute approximate surface area is 110 Å². The Hall–Kier alpha value is -1.73. The van der Waals surface area contributed by atoms with E-state index in [1.165, 1.54) is 6.33 Å². The average Bonchev–Trinajstić information content (AvgIpc) is 2.93. The minimum atomic E-state index is 0.0643. The number of fused-ring (bicyclic) bond motifs is 1. The first-order valence-corrected chi connectivity index (χ1v) is 6.50. The normalized spacial score (nSPS) is 20.1. The topological polar surface area (TPSA) is 87.2 Å². The minimum absolute atomic E-state index is 0.0643. The molecule has 2 N–H and O–H groups in total. The summed E-state index contributed by atoms with van der Waals surface area (Å²) < 4.78 is 5.62. The first-order valence-electron chi connectivity index (χ1n) is 6.50. The number of H-pyrrole nitrogens is 1. The van der Waals surface area contributed by atoms with Gasteiger partial charge in [-0.25, -0.2) is 15.0 Å². The van der Waals surface area contributed by atoms with Crippen molar-refractivity contribution in [2.45, 2.75) is 18.9 Å². The van der Waals surface area contributed by atoms with Gasteiger partial charge in [0.2, 0.25) is 0 Å². The van der Waals surface area contributed by atoms with Crippen LogP contribution in [-0.2, 0) is 4.74 Å². The summed E-state index contributed by atoms with van der Waals surface area (Å²) in [7, 11) is 0. The van der Waals surface area contributed by atoms with E-state index in [0.29, 0.717) is 12.3 Å². The number of hydrogen-bond donors (Lipinski definition) is 2. The maximum absolute atomic E-state index is 8.82. The van der Waals surface area contributed by atoms with Crippen LogP contribution in [0.2, 0.25) is 0 Å². The standard InChI is InChI=1S/C12H17N5O2/c18-4-5-19-9-2-1-3-17(6-9)12-10-11(14-7-13-10)15-8-16-12/h7-9,18H,1-6H2,(H,13,14,15,16). The number of aliphatic hydroxyl groups is 1. The molecule has 0 aliphatic carbocycles. The van der Waals surface area contributed by atoms with E-state index in [1.54, 1.807) is 6.33 Å². The molecule has 2 aromatic rings. The van der Waals surface area contributed by atoms with E-state index >= 15 is 0 Å². The molecule has 0 saturated carbocycles. The van der Waals surface area contributed by atoms with Crippen molar-refractivity contribution in [3.63, 3.8) is 0 Å². The molecular weight excluding hydrogens is 246 g/mol. The van der Waals surface area contributed by atoms with Gasteiger partial charge in [0.1, 0.15) is 11.8 Å². The summed E-state index contributed by atoms with van der Waals surface area (Å²) in [5, 5.41) is 8.82. The zero-order chi connectivity index (χ0) is 13.1. The molecular formula is C12H17N5O2. The third kappa shape index (κ3) is 2.52. The molecule has 1 unspecified atom stereocenters. The van der Waals surface area contributed by atoms with Crippen molar-refractivity contribution in [2.24, 2.45) is 0 Å². The summed E-state index contributed by atoms with van der Waals surface area (Å²) in [5.41, 5.74) is 1.55. The lowest BCUT2D eigenvalue weighted by Gasteiger charge is -2.33. The van der Waals surface area contributed by atoms with Crippen LogP contribution in [0.1, 0.15) is 12.8 Å². The van der Waals surface area contributed by atoms with E-state index in [2.05, 4.69) is 24.8 Å². The Morgan fingerprint density at radius 1 is 1.42 bits per heavy atom. The van der Waals surface area contributed by atoms with Gasteiger partial charge < -0.3 is 19.7 Å². The van der Waals surface area contributed by atoms with Crippen LogP contribution in [0.15, 0.2) is 12.7 Å². The smallest absolute Gasteiger partial charge is 0.182 e. The number of hydrogen-bond acceptors (Lipinski definition) is 6. The molecule has 102 valence electrons. The predicted molar refractivity (Wildman–Crippen MR) is 70.0 cm³/mol. The minimum Gasteiger partial charge on any atom is -0.394 e. The van der Waals surface area contributed by atoms with E-state index in [0.717, 1.165) is 37.3 Å². The highest BCUT2D eigenvalue weighted by molar-refractivity contribution is 5.82. The molecule has 19 heavy (non-hydrogen) atoms. The van der Waals surface area contributed by atoms with Crippen molar-refractivity contribution >= 4 is 17.0 Å². The van der Waals surface area contributed by atoms with E-state index in [1.807, 2.05) is 0 Å². The number of rotatable bonds is 4. The highest BCUT2D eigenvalue weighted by Gasteiger charge is 2.23. The number of aromatic amines is 1. The zero-order valence-corrected chi connectivity index (χ0v) is 10.6. The van der Waals surface area contributed by atoms with Gasteiger partial charge in [-0.05, 0) is 12.8 Å². The van der Waals surface area contributed by atoms with E-state index in [9.17, 15) is 0 Å². The van der Waals surface area contributed by atoms with Gasteiger partial charge in [-0.1, -0.05) is 0 Å². The van der Waals surface area contributed by atoms with Gasteiger partial charge in [0.25, 0.3) is 0 Å². The maximum atomic E-state index is 8.82. The number of imidazole rings is 1. The zero-order valence-electron chi connectivity index (χ0n) is 10.6. The number of aliphatic hydroxyl groups excluding tert-OH is 1. The Morgan fingerprint density at radius 3 is 3.26 bits per heavy atom. The number of piperidine rings is 1. The van der Waals surface area contributed by atoms with Crippen molar-refractivity contribution in [2.75, 3.05) is 31.2 Å². The van der Waals surface area contributed by atoms with Gasteiger partial charge in [0.15, 0.2) is 11.5 Å². The van der Waals surface area contributed by atoms with Crippen LogP contribution in [0, 0.1) is 0 Å². The van der Waals surface area contributed by atoms with Gasteiger partial charge >= 0.3 is 0 Å². The molecule has 0 aromatic carbocycles. The van der Waals surface area contributed by atoms with Gasteiger partial charge in [-0.3, -0.25) is 0 Å². The Morgan fingerprint density at radius 2 is 2.37 bits per heavy atom. The molecule has 2 aromatic heterocycles. The lowest BCUT2D eigenvalue weighted by Crippen LogP contribution is -2.40. The molecule has 0 radical (unpaired) electrons. The van der Waals surface area contributed by atoms with Crippen LogP contribution in [-0.4, -0.2) is 57.4 Å². The van der Waals surface area contributed by atoms with Crippen molar-refractivity contribution in [3.8, 4) is 0 Å². The molecule has 1 aliphatic heterocycles. The monoisotopic (exact) mass is 263 g/mol. The second kappa shape index (κ2) is 5.50. The van der Waals surface area contributed by atoms with Gasteiger partial charge in [-0.2, -0.15) is 0 Å². The van der Waals surface area contributed by atoms with Crippen LogP contribution in [0.4, 0.5) is 5.82 Å². The fourth-order valence-corrected chi connectivity index (χ4v) is 2.48. The largest absolute Gasteiger partial charge is 0.394 e. The van der Waals surface area contributed by atoms with Gasteiger partial charge in [0.05, 0.1) is 25.6 Å². The van der Waals surface area contributed by atoms with Gasteiger partial charge in [-0.15, -0.1) is 0 Å². The molecule has 1 fully saturated rings. The number of nitrogens with one attached hydrogen (secondary N) is 1. The van der Waals surface area contributed by atoms with Crippen molar-refractivity contribution < 1.29 is 9.84 Å². The van der Waals surface area contributed by atoms with E-state index in [4.69, 9.17) is 9.84 Å². The molecule has 7 nitrogen and oxygen atoms in total. The lowest BCUT2D eigenvalue weighted by molar-refractivity contribution is 0.0214. The first-order chi connectivity index (χ1) is 9.38. The first kappa shape index (κ1) is 12.3. The summed E-state index contributed by atoms with van der Waals surface area (Å²) in [6.45, 7) is 2.19. The molecule has 1 aliphatic rings. The molecule has 1 saturated heterocycles. The van der Waals surface area contributed by atoms with Crippen molar-refractivity contribution in [1.82, 2.24) is 19.9 Å². The quantitative estimate of drug-likeness (QED) is 0.826. The predicted octanol–water partition coefficient (Wildman–Crippen LogP) is 0.331. The van der Waals surface area contributed by atoms with Crippen LogP contribution in [0.25, 0.3) is 11.2 Å². The number of ether oxygens (including phenoxy) is 1. The SMILES string of the molecule is OCCOC1CCCN(c2ncnc3nc[nH]c23)C1. The summed E-state index contributed by atoms with van der Waals surface area (Å²) in [4.78, 5) is 17.9. The number of aromatic nitrogens is 4. The maximum Gasteiger partial charge on any atom is 0.182 e. The molecule has 0 bridgehead atoms. The fourth-order valence-electron chi connectivity index (χ4n) is 2.48. The molecule has 0 spiro atoms. The Kier molecular flexibility index (Phi) is 3.56. The van der Waals surface area contributed by atoms with Crippen molar-refractivity contribution in [3.05, 3.63) is 12.7 Å².